The third kappa shape index (κ3) is 4.16. The van der Waals surface area contributed by atoms with Gasteiger partial charge in [0.05, 0.1) is 18.5 Å². The first-order valence-corrected chi connectivity index (χ1v) is 10.5. The summed E-state index contributed by atoms with van der Waals surface area (Å²) >= 11 is 0. The molecule has 1 aliphatic rings. The summed E-state index contributed by atoms with van der Waals surface area (Å²) in [6, 6.07) is 9.53. The molecule has 0 saturated carbocycles. The molecule has 1 fully saturated rings. The van der Waals surface area contributed by atoms with Crippen molar-refractivity contribution in [1.29, 1.82) is 0 Å². The number of hydrogen-bond acceptors (Lipinski definition) is 6. The molecule has 0 radical (unpaired) electrons. The molecular formula is C24H25N3O5. The number of hydrogen-bond donors (Lipinski definition) is 1. The van der Waals surface area contributed by atoms with E-state index in [-0.39, 0.29) is 11.3 Å². The first-order valence-electron chi connectivity index (χ1n) is 10.5. The molecule has 2 aromatic heterocycles. The average Bonchev–Trinajstić information content (AvgIpc) is 3.51. The van der Waals surface area contributed by atoms with Crippen molar-refractivity contribution in [2.24, 2.45) is 0 Å². The standard InChI is InChI=1S/C24H25N3O5/c1-3-31-18-7-4-6-17(14-18)22(28)20-21(19-9-8-16(2)32-19)27(24(30)23(20)29)12-5-11-26-13-10-25-15-26/h4,6-10,13-15,21,28H,3,5,11-12H2,1-2H3/b22-20-. The van der Waals surface area contributed by atoms with Crippen LogP contribution in [0.15, 0.2) is 65.1 Å². The Hall–Kier alpha value is -3.81. The van der Waals surface area contributed by atoms with Crippen molar-refractivity contribution in [2.75, 3.05) is 13.2 Å². The van der Waals surface area contributed by atoms with E-state index in [1.54, 1.807) is 55.8 Å². The van der Waals surface area contributed by atoms with Crippen LogP contribution in [0.1, 0.15) is 36.5 Å². The van der Waals surface area contributed by atoms with Gasteiger partial charge in [-0.2, -0.15) is 0 Å². The summed E-state index contributed by atoms with van der Waals surface area (Å²) in [6.45, 7) is 5.09. The van der Waals surface area contributed by atoms with Gasteiger partial charge in [0.1, 0.15) is 29.1 Å². The Kier molecular flexibility index (Phi) is 6.11. The SMILES string of the molecule is CCOc1cccc(/C(O)=C2/C(=O)C(=O)N(CCCn3ccnc3)C2c2ccc(C)o2)c1. The molecule has 3 aromatic rings. The lowest BCUT2D eigenvalue weighted by Crippen LogP contribution is -2.31. The number of nitrogens with zero attached hydrogens (tertiary/aromatic N) is 3. The van der Waals surface area contributed by atoms with Crippen molar-refractivity contribution in [3.63, 3.8) is 0 Å². The number of rotatable bonds is 8. The summed E-state index contributed by atoms with van der Waals surface area (Å²) in [7, 11) is 0. The number of benzene rings is 1. The molecule has 32 heavy (non-hydrogen) atoms. The van der Waals surface area contributed by atoms with Gasteiger partial charge in [0.15, 0.2) is 0 Å². The van der Waals surface area contributed by atoms with Crippen LogP contribution in [0.25, 0.3) is 5.76 Å². The van der Waals surface area contributed by atoms with Crippen molar-refractivity contribution >= 4 is 17.4 Å². The van der Waals surface area contributed by atoms with Crippen molar-refractivity contribution in [3.05, 3.63) is 77.8 Å². The number of furan rings is 1. The molecule has 1 aliphatic heterocycles. The van der Waals surface area contributed by atoms with Gasteiger partial charge in [-0.1, -0.05) is 12.1 Å². The molecule has 1 aromatic carbocycles. The summed E-state index contributed by atoms with van der Waals surface area (Å²) < 4.78 is 13.2. The molecule has 0 spiro atoms. The van der Waals surface area contributed by atoms with E-state index in [9.17, 15) is 14.7 Å². The zero-order valence-electron chi connectivity index (χ0n) is 18.0. The molecule has 1 atom stereocenters. The smallest absolute Gasteiger partial charge is 0.295 e. The summed E-state index contributed by atoms with van der Waals surface area (Å²) in [5, 5.41) is 11.1. The predicted octanol–water partition coefficient (Wildman–Crippen LogP) is 3.70. The van der Waals surface area contributed by atoms with Crippen molar-refractivity contribution in [2.45, 2.75) is 32.9 Å². The van der Waals surface area contributed by atoms with E-state index in [0.717, 1.165) is 0 Å². The number of likely N-dealkylation sites (tertiary alicyclic amines) is 1. The fraction of sp³-hybridized carbons (Fsp3) is 0.292. The Morgan fingerprint density at radius 3 is 2.75 bits per heavy atom. The van der Waals surface area contributed by atoms with Gasteiger partial charge in [0, 0.05) is 31.0 Å². The van der Waals surface area contributed by atoms with Gasteiger partial charge in [0.2, 0.25) is 0 Å². The number of Topliss-reactive ketones (excluding diaryl/α,β-unsaturated/α-hetero) is 1. The maximum atomic E-state index is 13.0. The lowest BCUT2D eigenvalue weighted by Gasteiger charge is -2.23. The van der Waals surface area contributed by atoms with Crippen molar-refractivity contribution < 1.29 is 23.8 Å². The molecule has 0 aliphatic carbocycles. The lowest BCUT2D eigenvalue weighted by molar-refractivity contribution is -0.140. The van der Waals surface area contributed by atoms with E-state index in [0.29, 0.717) is 49.0 Å². The van der Waals surface area contributed by atoms with Crippen LogP contribution in [0.5, 0.6) is 5.75 Å². The van der Waals surface area contributed by atoms with Crippen LogP contribution in [-0.4, -0.2) is 44.4 Å². The molecule has 1 amide bonds. The van der Waals surface area contributed by atoms with Crippen LogP contribution in [0.4, 0.5) is 0 Å². The highest BCUT2D eigenvalue weighted by molar-refractivity contribution is 6.46. The summed E-state index contributed by atoms with van der Waals surface area (Å²) in [5.41, 5.74) is 0.418. The van der Waals surface area contributed by atoms with Gasteiger partial charge in [-0.15, -0.1) is 0 Å². The van der Waals surface area contributed by atoms with E-state index < -0.39 is 17.7 Å². The largest absolute Gasteiger partial charge is 0.507 e. The van der Waals surface area contributed by atoms with Gasteiger partial charge >= 0.3 is 0 Å². The Morgan fingerprint density at radius 1 is 1.22 bits per heavy atom. The lowest BCUT2D eigenvalue weighted by atomic mass is 9.99. The second-order valence-electron chi connectivity index (χ2n) is 7.56. The Labute approximate surface area is 185 Å². The van der Waals surface area contributed by atoms with Crippen molar-refractivity contribution in [1.82, 2.24) is 14.5 Å². The monoisotopic (exact) mass is 435 g/mol. The average molecular weight is 435 g/mol. The Morgan fingerprint density at radius 2 is 2.06 bits per heavy atom. The third-order valence-corrected chi connectivity index (χ3v) is 5.36. The number of aliphatic hydroxyl groups is 1. The molecule has 1 N–H and O–H groups in total. The molecule has 1 saturated heterocycles. The minimum Gasteiger partial charge on any atom is -0.507 e. The summed E-state index contributed by atoms with van der Waals surface area (Å²) in [5.74, 6) is 0.0231. The predicted molar refractivity (Wildman–Crippen MR) is 117 cm³/mol. The minimum absolute atomic E-state index is 0.0145. The molecule has 4 rings (SSSR count). The van der Waals surface area contributed by atoms with Gasteiger partial charge in [-0.3, -0.25) is 9.59 Å². The highest BCUT2D eigenvalue weighted by atomic mass is 16.5. The molecular weight excluding hydrogens is 410 g/mol. The number of carbonyl (C=O) groups is 2. The van der Waals surface area contributed by atoms with Crippen LogP contribution in [0.3, 0.4) is 0 Å². The maximum absolute atomic E-state index is 13.0. The zero-order chi connectivity index (χ0) is 22.7. The van der Waals surface area contributed by atoms with E-state index in [4.69, 9.17) is 9.15 Å². The quantitative estimate of drug-likeness (QED) is 0.329. The van der Waals surface area contributed by atoms with E-state index in [1.807, 2.05) is 17.7 Å². The molecule has 8 heteroatoms. The summed E-state index contributed by atoms with van der Waals surface area (Å²) in [6.07, 6.45) is 5.84. The first-order chi connectivity index (χ1) is 15.5. The van der Waals surface area contributed by atoms with Crippen LogP contribution < -0.4 is 4.74 Å². The fourth-order valence-electron chi connectivity index (χ4n) is 3.90. The van der Waals surface area contributed by atoms with E-state index in [1.165, 1.54) is 4.90 Å². The number of amides is 1. The van der Waals surface area contributed by atoms with Gasteiger partial charge in [-0.25, -0.2) is 4.98 Å². The normalized spacial score (nSPS) is 17.8. The molecule has 1 unspecified atom stereocenters. The fourth-order valence-corrected chi connectivity index (χ4v) is 3.90. The number of aryl methyl sites for hydroxylation is 2. The Balaban J connectivity index is 1.71. The highest BCUT2D eigenvalue weighted by Gasteiger charge is 2.47. The number of aromatic nitrogens is 2. The van der Waals surface area contributed by atoms with Crippen LogP contribution >= 0.6 is 0 Å². The second-order valence-corrected chi connectivity index (χ2v) is 7.56. The minimum atomic E-state index is -0.803. The number of ketones is 1. The van der Waals surface area contributed by atoms with Crippen molar-refractivity contribution in [3.8, 4) is 5.75 Å². The molecule has 0 bridgehead atoms. The number of aliphatic hydroxyl groups excluding tert-OH is 1. The highest BCUT2D eigenvalue weighted by Crippen LogP contribution is 2.40. The van der Waals surface area contributed by atoms with Crippen LogP contribution in [0, 0.1) is 6.92 Å². The summed E-state index contributed by atoms with van der Waals surface area (Å²) in [4.78, 5) is 31.5. The molecule has 166 valence electrons. The van der Waals surface area contributed by atoms with E-state index >= 15 is 0 Å². The van der Waals surface area contributed by atoms with Gasteiger partial charge < -0.3 is 23.7 Å². The zero-order valence-corrected chi connectivity index (χ0v) is 18.0. The van der Waals surface area contributed by atoms with Gasteiger partial charge in [-0.05, 0) is 44.5 Å². The van der Waals surface area contributed by atoms with Crippen LogP contribution in [0.2, 0.25) is 0 Å². The van der Waals surface area contributed by atoms with Crippen LogP contribution in [-0.2, 0) is 16.1 Å². The molecule has 3 heterocycles. The maximum Gasteiger partial charge on any atom is 0.295 e. The number of carbonyl (C=O) groups excluding carboxylic acids is 2. The Bertz CT molecular complexity index is 1150. The topological polar surface area (TPSA) is 97.8 Å². The van der Waals surface area contributed by atoms with E-state index in [2.05, 4.69) is 4.98 Å². The molecule has 8 nitrogen and oxygen atoms in total. The van der Waals surface area contributed by atoms with Gasteiger partial charge in [0.25, 0.3) is 11.7 Å². The second kappa shape index (κ2) is 9.13. The third-order valence-electron chi connectivity index (χ3n) is 5.36. The number of ether oxygens (including phenoxy) is 1. The number of imidazole rings is 1. The first kappa shape index (κ1) is 21.4.